The first kappa shape index (κ1) is 10.4. The molecule has 0 bridgehead atoms. The Morgan fingerprint density at radius 2 is 2.21 bits per heavy atom. The SMILES string of the molecule is C1CCC(COCCC2CNC2)OC1. The van der Waals surface area contributed by atoms with Crippen LogP contribution < -0.4 is 5.32 Å². The zero-order valence-corrected chi connectivity index (χ0v) is 8.84. The average molecular weight is 199 g/mol. The summed E-state index contributed by atoms with van der Waals surface area (Å²) in [6, 6.07) is 0. The smallest absolute Gasteiger partial charge is 0.0808 e. The molecule has 0 aromatic heterocycles. The summed E-state index contributed by atoms with van der Waals surface area (Å²) in [7, 11) is 0. The molecule has 0 radical (unpaired) electrons. The van der Waals surface area contributed by atoms with Gasteiger partial charge in [-0.25, -0.2) is 0 Å². The number of nitrogens with one attached hydrogen (secondary N) is 1. The van der Waals surface area contributed by atoms with E-state index in [4.69, 9.17) is 9.47 Å². The Morgan fingerprint density at radius 3 is 2.86 bits per heavy atom. The van der Waals surface area contributed by atoms with Crippen molar-refractivity contribution in [1.82, 2.24) is 5.32 Å². The summed E-state index contributed by atoms with van der Waals surface area (Å²) in [5, 5.41) is 3.27. The van der Waals surface area contributed by atoms with E-state index in [1.807, 2.05) is 0 Å². The Balaban J connectivity index is 1.45. The second-order valence-corrected chi connectivity index (χ2v) is 4.38. The van der Waals surface area contributed by atoms with Crippen LogP contribution in [-0.4, -0.2) is 39.0 Å². The second-order valence-electron chi connectivity index (χ2n) is 4.38. The average Bonchev–Trinajstić information content (AvgIpc) is 2.16. The van der Waals surface area contributed by atoms with Crippen LogP contribution in [0.1, 0.15) is 25.7 Å². The first-order chi connectivity index (χ1) is 6.95. The molecular formula is C11H21NO2. The van der Waals surface area contributed by atoms with Gasteiger partial charge in [-0.3, -0.25) is 0 Å². The minimum absolute atomic E-state index is 0.378. The summed E-state index contributed by atoms with van der Waals surface area (Å²) in [6.45, 7) is 5.01. The topological polar surface area (TPSA) is 30.5 Å². The van der Waals surface area contributed by atoms with E-state index >= 15 is 0 Å². The summed E-state index contributed by atoms with van der Waals surface area (Å²) in [5.41, 5.74) is 0. The van der Waals surface area contributed by atoms with Crippen LogP contribution in [0.4, 0.5) is 0 Å². The fraction of sp³-hybridized carbons (Fsp3) is 1.00. The Labute approximate surface area is 86.2 Å². The molecule has 1 unspecified atom stereocenters. The Hall–Kier alpha value is -0.120. The molecule has 0 aliphatic carbocycles. The van der Waals surface area contributed by atoms with Crippen molar-refractivity contribution < 1.29 is 9.47 Å². The van der Waals surface area contributed by atoms with E-state index in [2.05, 4.69) is 5.32 Å². The molecule has 14 heavy (non-hydrogen) atoms. The molecule has 1 atom stereocenters. The lowest BCUT2D eigenvalue weighted by atomic mass is 10.0. The third-order valence-electron chi connectivity index (χ3n) is 3.11. The van der Waals surface area contributed by atoms with Crippen LogP contribution in [0.15, 0.2) is 0 Å². The second kappa shape index (κ2) is 5.69. The van der Waals surface area contributed by atoms with Crippen LogP contribution in [0.5, 0.6) is 0 Å². The molecule has 0 aromatic rings. The van der Waals surface area contributed by atoms with Gasteiger partial charge < -0.3 is 14.8 Å². The van der Waals surface area contributed by atoms with Crippen molar-refractivity contribution in [3.63, 3.8) is 0 Å². The molecule has 2 rings (SSSR count). The molecule has 0 aromatic carbocycles. The standard InChI is InChI=1S/C11H21NO2/c1-2-5-14-11(3-1)9-13-6-4-10-7-12-8-10/h10-12H,1-9H2. The third kappa shape index (κ3) is 3.23. The van der Waals surface area contributed by atoms with Crippen molar-refractivity contribution in [2.45, 2.75) is 31.8 Å². The molecule has 2 aliphatic heterocycles. The number of hydrogen-bond acceptors (Lipinski definition) is 3. The highest BCUT2D eigenvalue weighted by molar-refractivity contribution is 4.74. The van der Waals surface area contributed by atoms with Gasteiger partial charge in [0, 0.05) is 13.2 Å². The van der Waals surface area contributed by atoms with Crippen LogP contribution in [-0.2, 0) is 9.47 Å². The molecule has 2 heterocycles. The van der Waals surface area contributed by atoms with Gasteiger partial charge in [-0.1, -0.05) is 0 Å². The summed E-state index contributed by atoms with van der Waals surface area (Å²) in [4.78, 5) is 0. The normalized spacial score (nSPS) is 28.7. The summed E-state index contributed by atoms with van der Waals surface area (Å²) < 4.78 is 11.2. The lowest BCUT2D eigenvalue weighted by molar-refractivity contribution is -0.0431. The molecule has 2 fully saturated rings. The van der Waals surface area contributed by atoms with Crippen molar-refractivity contribution in [2.24, 2.45) is 5.92 Å². The van der Waals surface area contributed by atoms with Gasteiger partial charge in [-0.05, 0) is 44.7 Å². The van der Waals surface area contributed by atoms with Crippen LogP contribution in [0.2, 0.25) is 0 Å². The maximum absolute atomic E-state index is 5.63. The molecule has 2 aliphatic rings. The van der Waals surface area contributed by atoms with E-state index in [1.54, 1.807) is 0 Å². The van der Waals surface area contributed by atoms with Crippen molar-refractivity contribution >= 4 is 0 Å². The monoisotopic (exact) mass is 199 g/mol. The van der Waals surface area contributed by atoms with Crippen molar-refractivity contribution in [3.8, 4) is 0 Å². The predicted octanol–water partition coefficient (Wildman–Crippen LogP) is 1.18. The fourth-order valence-electron chi connectivity index (χ4n) is 1.96. The highest BCUT2D eigenvalue weighted by Gasteiger charge is 2.17. The van der Waals surface area contributed by atoms with Gasteiger partial charge in [0.2, 0.25) is 0 Å². The zero-order chi connectivity index (χ0) is 9.64. The first-order valence-corrected chi connectivity index (χ1v) is 5.85. The molecular weight excluding hydrogens is 178 g/mol. The van der Waals surface area contributed by atoms with Crippen molar-refractivity contribution in [2.75, 3.05) is 32.9 Å². The van der Waals surface area contributed by atoms with Gasteiger partial charge in [-0.2, -0.15) is 0 Å². The largest absolute Gasteiger partial charge is 0.379 e. The van der Waals surface area contributed by atoms with E-state index in [-0.39, 0.29) is 0 Å². The first-order valence-electron chi connectivity index (χ1n) is 5.85. The minimum atomic E-state index is 0.378. The molecule has 82 valence electrons. The van der Waals surface area contributed by atoms with Gasteiger partial charge in [-0.15, -0.1) is 0 Å². The highest BCUT2D eigenvalue weighted by atomic mass is 16.5. The minimum Gasteiger partial charge on any atom is -0.379 e. The molecule has 0 spiro atoms. The van der Waals surface area contributed by atoms with Crippen LogP contribution >= 0.6 is 0 Å². The van der Waals surface area contributed by atoms with Crippen molar-refractivity contribution in [3.05, 3.63) is 0 Å². The maximum Gasteiger partial charge on any atom is 0.0808 e. The molecule has 2 saturated heterocycles. The summed E-state index contributed by atoms with van der Waals surface area (Å²) >= 11 is 0. The summed E-state index contributed by atoms with van der Waals surface area (Å²) in [6.07, 6.45) is 5.30. The van der Waals surface area contributed by atoms with Crippen LogP contribution in [0, 0.1) is 5.92 Å². The van der Waals surface area contributed by atoms with E-state index in [1.165, 1.54) is 38.8 Å². The van der Waals surface area contributed by atoms with Gasteiger partial charge in [0.05, 0.1) is 12.7 Å². The van der Waals surface area contributed by atoms with E-state index < -0.39 is 0 Å². The molecule has 3 nitrogen and oxygen atoms in total. The number of rotatable bonds is 5. The number of ether oxygens (including phenoxy) is 2. The zero-order valence-electron chi connectivity index (χ0n) is 8.84. The lowest BCUT2D eigenvalue weighted by Gasteiger charge is -2.27. The van der Waals surface area contributed by atoms with Crippen LogP contribution in [0.3, 0.4) is 0 Å². The Kier molecular flexibility index (Phi) is 4.22. The fourth-order valence-corrected chi connectivity index (χ4v) is 1.96. The lowest BCUT2D eigenvalue weighted by Crippen LogP contribution is -2.42. The van der Waals surface area contributed by atoms with E-state index in [9.17, 15) is 0 Å². The Morgan fingerprint density at radius 1 is 1.29 bits per heavy atom. The van der Waals surface area contributed by atoms with Gasteiger partial charge in [0.25, 0.3) is 0 Å². The highest BCUT2D eigenvalue weighted by Crippen LogP contribution is 2.13. The van der Waals surface area contributed by atoms with Crippen LogP contribution in [0.25, 0.3) is 0 Å². The van der Waals surface area contributed by atoms with Gasteiger partial charge in [0.1, 0.15) is 0 Å². The summed E-state index contributed by atoms with van der Waals surface area (Å²) in [5.74, 6) is 0.863. The van der Waals surface area contributed by atoms with E-state index in [0.717, 1.165) is 25.7 Å². The molecule has 0 amide bonds. The van der Waals surface area contributed by atoms with Crippen molar-refractivity contribution in [1.29, 1.82) is 0 Å². The maximum atomic E-state index is 5.63. The quantitative estimate of drug-likeness (QED) is 0.674. The molecule has 3 heteroatoms. The molecule has 0 saturated carbocycles. The number of hydrogen-bond donors (Lipinski definition) is 1. The third-order valence-corrected chi connectivity index (χ3v) is 3.11. The Bertz CT molecular complexity index is 153. The predicted molar refractivity (Wildman–Crippen MR) is 55.4 cm³/mol. The van der Waals surface area contributed by atoms with E-state index in [0.29, 0.717) is 6.10 Å². The molecule has 1 N–H and O–H groups in total. The van der Waals surface area contributed by atoms with Gasteiger partial charge >= 0.3 is 0 Å². The van der Waals surface area contributed by atoms with Gasteiger partial charge in [0.15, 0.2) is 0 Å².